The van der Waals surface area contributed by atoms with Gasteiger partial charge in [0.2, 0.25) is 16.2 Å². The first-order valence-electron chi connectivity index (χ1n) is 10.8. The number of amides is 2. The topological polar surface area (TPSA) is 84.0 Å². The third-order valence-electron chi connectivity index (χ3n) is 4.79. The number of aromatic nitrogens is 2. The Bertz CT molecular complexity index is 1350. The summed E-state index contributed by atoms with van der Waals surface area (Å²) in [5.74, 6) is 0.330. The van der Waals surface area contributed by atoms with Crippen LogP contribution < -0.4 is 10.6 Å². The van der Waals surface area contributed by atoms with Crippen molar-refractivity contribution in [1.29, 1.82) is 0 Å². The van der Waals surface area contributed by atoms with Crippen LogP contribution in [0.15, 0.2) is 82.8 Å². The van der Waals surface area contributed by atoms with Crippen LogP contribution in [-0.2, 0) is 4.79 Å². The number of nitrogens with one attached hydrogen (secondary N) is 2. The predicted octanol–water partition coefficient (Wildman–Crippen LogP) is 7.68. The maximum atomic E-state index is 13.2. The van der Waals surface area contributed by atoms with Crippen LogP contribution in [0, 0.1) is 0 Å². The smallest absolute Gasteiger partial charge is 0.257 e. The summed E-state index contributed by atoms with van der Waals surface area (Å²) in [5, 5.41) is 7.07. The highest BCUT2D eigenvalue weighted by atomic mass is 35.5. The monoisotopic (exact) mass is 574 g/mol. The van der Waals surface area contributed by atoms with E-state index in [4.69, 9.17) is 23.2 Å². The minimum absolute atomic E-state index is 0.190. The van der Waals surface area contributed by atoms with Gasteiger partial charge in [0.15, 0.2) is 0 Å². The van der Waals surface area contributed by atoms with Crippen molar-refractivity contribution in [2.24, 2.45) is 0 Å². The quantitative estimate of drug-likeness (QED) is 0.199. The minimum atomic E-state index is -0.509. The molecular weight excluding hydrogens is 555 g/mol. The fraction of sp³-hybridized carbons (Fsp3) is 0.120. The van der Waals surface area contributed by atoms with Gasteiger partial charge >= 0.3 is 0 Å². The van der Waals surface area contributed by atoms with Gasteiger partial charge < -0.3 is 5.32 Å². The van der Waals surface area contributed by atoms with E-state index in [0.717, 1.165) is 27.7 Å². The number of carbonyl (C=O) groups is 2. The van der Waals surface area contributed by atoms with Crippen LogP contribution in [-0.4, -0.2) is 26.9 Å². The largest absolute Gasteiger partial charge is 0.322 e. The summed E-state index contributed by atoms with van der Waals surface area (Å²) in [4.78, 5) is 31.1. The van der Waals surface area contributed by atoms with E-state index >= 15 is 0 Å². The molecule has 36 heavy (non-hydrogen) atoms. The van der Waals surface area contributed by atoms with Gasteiger partial charge in [0, 0.05) is 27.1 Å². The first-order chi connectivity index (χ1) is 17.4. The van der Waals surface area contributed by atoms with Crippen molar-refractivity contribution in [3.05, 3.63) is 94.0 Å². The Balaban J connectivity index is 1.47. The van der Waals surface area contributed by atoms with Gasteiger partial charge in [-0.3, -0.25) is 14.9 Å². The molecule has 1 aromatic heterocycles. The molecule has 1 atom stereocenters. The summed E-state index contributed by atoms with van der Waals surface area (Å²) in [6, 6.07) is 21.5. The van der Waals surface area contributed by atoms with E-state index in [-0.39, 0.29) is 16.8 Å². The number of hydrogen-bond acceptors (Lipinski definition) is 7. The highest BCUT2D eigenvalue weighted by Gasteiger charge is 2.23. The van der Waals surface area contributed by atoms with Crippen molar-refractivity contribution in [3.63, 3.8) is 0 Å². The van der Waals surface area contributed by atoms with Crippen molar-refractivity contribution in [2.75, 3.05) is 16.4 Å². The molecule has 11 heteroatoms. The summed E-state index contributed by atoms with van der Waals surface area (Å²) >= 11 is 16.1. The number of hydrogen-bond donors (Lipinski definition) is 2. The van der Waals surface area contributed by atoms with E-state index in [1.54, 1.807) is 24.3 Å². The molecule has 184 valence electrons. The molecule has 1 unspecified atom stereocenters. The van der Waals surface area contributed by atoms with Crippen molar-refractivity contribution in [2.45, 2.75) is 22.2 Å². The summed E-state index contributed by atoms with van der Waals surface area (Å²) in [6.45, 7) is 2.02. The van der Waals surface area contributed by atoms with E-state index in [1.165, 1.54) is 29.6 Å². The number of benzene rings is 3. The van der Waals surface area contributed by atoms with Gasteiger partial charge in [0.05, 0.1) is 10.6 Å². The van der Waals surface area contributed by atoms with Gasteiger partial charge in [-0.25, -0.2) is 0 Å². The lowest BCUT2D eigenvalue weighted by Crippen LogP contribution is -2.19. The molecule has 3 aromatic carbocycles. The SMILES string of the molecule is CCSc1nsc(NC(=O)C(Sc2ccc(NC(=O)c3ccc(Cl)cc3Cl)cc2)c2ccccc2)n1. The Kier molecular flexibility index (Phi) is 9.28. The van der Waals surface area contributed by atoms with E-state index in [9.17, 15) is 9.59 Å². The zero-order valence-electron chi connectivity index (χ0n) is 18.9. The number of nitrogens with zero attached hydrogens (tertiary/aromatic N) is 2. The van der Waals surface area contributed by atoms with E-state index in [2.05, 4.69) is 20.0 Å². The Labute approximate surface area is 231 Å². The zero-order chi connectivity index (χ0) is 25.5. The van der Waals surface area contributed by atoms with Crippen LogP contribution in [0.5, 0.6) is 0 Å². The summed E-state index contributed by atoms with van der Waals surface area (Å²) in [6.07, 6.45) is 0. The molecule has 0 aliphatic rings. The summed E-state index contributed by atoms with van der Waals surface area (Å²) < 4.78 is 4.26. The van der Waals surface area contributed by atoms with Crippen molar-refractivity contribution in [1.82, 2.24) is 9.36 Å². The Hall–Kier alpha value is -2.56. The van der Waals surface area contributed by atoms with Crippen LogP contribution in [0.2, 0.25) is 10.0 Å². The lowest BCUT2D eigenvalue weighted by Gasteiger charge is -2.16. The van der Waals surface area contributed by atoms with Gasteiger partial charge in [0.25, 0.3) is 5.91 Å². The van der Waals surface area contributed by atoms with E-state index in [1.807, 2.05) is 49.4 Å². The van der Waals surface area contributed by atoms with Crippen LogP contribution in [0.25, 0.3) is 0 Å². The predicted molar refractivity (Wildman–Crippen MR) is 151 cm³/mol. The standard InChI is InChI=1S/C25H20Cl2N4O2S3/c1-2-34-25-30-24(36-31-25)29-23(33)21(15-6-4-3-5-7-15)35-18-11-9-17(10-12-18)28-22(32)19-13-8-16(26)14-20(19)27/h3-14,21H,2H2,1H3,(H,28,32)(H,29,30,31,33). The maximum absolute atomic E-state index is 13.2. The fourth-order valence-corrected chi connectivity index (χ4v) is 5.94. The summed E-state index contributed by atoms with van der Waals surface area (Å²) in [5.41, 5.74) is 1.80. The number of thioether (sulfide) groups is 2. The normalized spacial score (nSPS) is 11.6. The van der Waals surface area contributed by atoms with Crippen LogP contribution in [0.3, 0.4) is 0 Å². The number of carbonyl (C=O) groups excluding carboxylic acids is 2. The van der Waals surface area contributed by atoms with Crippen LogP contribution in [0.4, 0.5) is 10.8 Å². The second-order valence-corrected chi connectivity index (χ2v) is 11.3. The molecule has 2 N–H and O–H groups in total. The van der Waals surface area contributed by atoms with Gasteiger partial charge in [-0.2, -0.15) is 9.36 Å². The molecule has 0 spiro atoms. The van der Waals surface area contributed by atoms with Gasteiger partial charge in [-0.15, -0.1) is 11.8 Å². The first kappa shape index (κ1) is 26.5. The molecule has 4 aromatic rings. The Morgan fingerprint density at radius 2 is 1.75 bits per heavy atom. The van der Waals surface area contributed by atoms with Crippen LogP contribution in [0.1, 0.15) is 28.1 Å². The number of halogens is 2. The molecule has 1 heterocycles. The van der Waals surface area contributed by atoms with E-state index in [0.29, 0.717) is 26.6 Å². The first-order valence-corrected chi connectivity index (χ1v) is 14.2. The molecule has 4 rings (SSSR count). The minimum Gasteiger partial charge on any atom is -0.322 e. The van der Waals surface area contributed by atoms with Gasteiger partial charge in [-0.1, -0.05) is 72.2 Å². The van der Waals surface area contributed by atoms with Crippen molar-refractivity contribution >= 4 is 80.9 Å². The van der Waals surface area contributed by atoms with E-state index < -0.39 is 5.25 Å². The molecule has 6 nitrogen and oxygen atoms in total. The molecule has 0 fully saturated rings. The van der Waals surface area contributed by atoms with Gasteiger partial charge in [0.1, 0.15) is 5.25 Å². The number of anilines is 2. The summed E-state index contributed by atoms with van der Waals surface area (Å²) in [7, 11) is 0. The highest BCUT2D eigenvalue weighted by Crippen LogP contribution is 2.37. The van der Waals surface area contributed by atoms with Gasteiger partial charge in [-0.05, 0) is 53.8 Å². The maximum Gasteiger partial charge on any atom is 0.257 e. The third kappa shape index (κ3) is 7.02. The number of rotatable bonds is 9. The lowest BCUT2D eigenvalue weighted by atomic mass is 10.1. The molecule has 0 aliphatic heterocycles. The second-order valence-electron chi connectivity index (χ2n) is 7.32. The molecule has 0 radical (unpaired) electrons. The zero-order valence-corrected chi connectivity index (χ0v) is 22.9. The molecule has 0 aliphatic carbocycles. The lowest BCUT2D eigenvalue weighted by molar-refractivity contribution is -0.115. The molecule has 0 bridgehead atoms. The van der Waals surface area contributed by atoms with Crippen LogP contribution >= 0.6 is 58.3 Å². The Morgan fingerprint density at radius 1 is 1.00 bits per heavy atom. The molecule has 2 amide bonds. The van der Waals surface area contributed by atoms with Crippen molar-refractivity contribution < 1.29 is 9.59 Å². The fourth-order valence-electron chi connectivity index (χ4n) is 3.15. The average Bonchev–Trinajstić information content (AvgIpc) is 3.30. The average molecular weight is 576 g/mol. The second kappa shape index (κ2) is 12.6. The highest BCUT2D eigenvalue weighted by molar-refractivity contribution is 8.00. The molecular formula is C25H20Cl2N4O2S3. The third-order valence-corrected chi connectivity index (χ3v) is 8.08. The molecule has 0 saturated heterocycles. The van der Waals surface area contributed by atoms with Crippen molar-refractivity contribution in [3.8, 4) is 0 Å². The molecule has 0 saturated carbocycles. The Morgan fingerprint density at radius 3 is 2.44 bits per heavy atom.